The molecule has 0 unspecified atom stereocenters. The molecule has 0 N–H and O–H groups in total. The minimum Gasteiger partial charge on any atom is -0.290 e. The first-order chi connectivity index (χ1) is 13.6. The van der Waals surface area contributed by atoms with E-state index in [1.807, 2.05) is 0 Å². The van der Waals surface area contributed by atoms with Crippen LogP contribution in [0, 0.1) is 0 Å². The molecule has 0 spiro atoms. The molecule has 0 radical (unpaired) electrons. The zero-order valence-corrected chi connectivity index (χ0v) is 15.6. The number of hydrogen-bond donors (Lipinski definition) is 0. The van der Waals surface area contributed by atoms with Crippen molar-refractivity contribution in [1.82, 2.24) is 24.3 Å². The highest BCUT2D eigenvalue weighted by Gasteiger charge is 2.30. The molecule has 0 aliphatic rings. The fourth-order valence-corrected chi connectivity index (χ4v) is 3.19. The molecule has 3 heterocycles. The SMILES string of the molecule is CS(=O)(=O)c1nccc(-c2ccn3cc(-c4cccc(C(F)(F)F)c4)nc3n2)n1. The van der Waals surface area contributed by atoms with Gasteiger partial charge in [0.2, 0.25) is 20.8 Å². The summed E-state index contributed by atoms with van der Waals surface area (Å²) in [5.41, 5.74) is 0.487. The van der Waals surface area contributed by atoms with Crippen molar-refractivity contribution in [2.45, 2.75) is 11.3 Å². The van der Waals surface area contributed by atoms with E-state index < -0.39 is 21.6 Å². The smallest absolute Gasteiger partial charge is 0.290 e. The number of hydrogen-bond acceptors (Lipinski definition) is 6. The Morgan fingerprint density at radius 1 is 0.966 bits per heavy atom. The van der Waals surface area contributed by atoms with Crippen molar-refractivity contribution < 1.29 is 21.6 Å². The van der Waals surface area contributed by atoms with Crippen molar-refractivity contribution in [2.24, 2.45) is 0 Å². The fourth-order valence-electron chi connectivity index (χ4n) is 2.67. The van der Waals surface area contributed by atoms with Crippen LogP contribution in [-0.4, -0.2) is 39.0 Å². The third-order valence-electron chi connectivity index (χ3n) is 4.04. The summed E-state index contributed by atoms with van der Waals surface area (Å²) in [4.78, 5) is 16.3. The second kappa shape index (κ2) is 6.62. The van der Waals surface area contributed by atoms with Crippen LogP contribution in [0.3, 0.4) is 0 Å². The maximum Gasteiger partial charge on any atom is 0.416 e. The number of fused-ring (bicyclic) bond motifs is 1. The van der Waals surface area contributed by atoms with Crippen LogP contribution in [0.15, 0.2) is 60.1 Å². The van der Waals surface area contributed by atoms with Crippen LogP contribution >= 0.6 is 0 Å². The lowest BCUT2D eigenvalue weighted by molar-refractivity contribution is -0.137. The summed E-state index contributed by atoms with van der Waals surface area (Å²) in [7, 11) is -3.59. The van der Waals surface area contributed by atoms with E-state index in [1.54, 1.807) is 22.9 Å². The first-order valence-electron chi connectivity index (χ1n) is 8.18. The zero-order valence-electron chi connectivity index (χ0n) is 14.8. The van der Waals surface area contributed by atoms with Gasteiger partial charge in [0.25, 0.3) is 0 Å². The topological polar surface area (TPSA) is 90.1 Å². The monoisotopic (exact) mass is 419 g/mol. The van der Waals surface area contributed by atoms with Gasteiger partial charge in [-0.1, -0.05) is 12.1 Å². The molecule has 1 aromatic carbocycles. The molecule has 0 saturated heterocycles. The fraction of sp³-hybridized carbons (Fsp3) is 0.111. The molecule has 4 aromatic rings. The third kappa shape index (κ3) is 3.81. The molecule has 29 heavy (non-hydrogen) atoms. The second-order valence-electron chi connectivity index (χ2n) is 6.22. The average Bonchev–Trinajstić information content (AvgIpc) is 3.10. The van der Waals surface area contributed by atoms with E-state index in [1.165, 1.54) is 24.4 Å². The van der Waals surface area contributed by atoms with E-state index in [4.69, 9.17) is 0 Å². The number of rotatable bonds is 3. The highest BCUT2D eigenvalue weighted by molar-refractivity contribution is 7.90. The lowest BCUT2D eigenvalue weighted by atomic mass is 10.1. The predicted octanol–water partition coefficient (Wildman–Crippen LogP) is 3.28. The van der Waals surface area contributed by atoms with Crippen molar-refractivity contribution in [3.8, 4) is 22.6 Å². The van der Waals surface area contributed by atoms with Crippen molar-refractivity contribution in [3.05, 3.63) is 60.6 Å². The molecule has 4 rings (SSSR count). The number of alkyl halides is 3. The van der Waals surface area contributed by atoms with Crippen LogP contribution in [-0.2, 0) is 16.0 Å². The Bertz CT molecular complexity index is 1330. The van der Waals surface area contributed by atoms with Gasteiger partial charge >= 0.3 is 6.18 Å². The summed E-state index contributed by atoms with van der Waals surface area (Å²) in [5.74, 6) is 0.231. The van der Waals surface area contributed by atoms with Gasteiger partial charge in [0.05, 0.1) is 22.6 Å². The van der Waals surface area contributed by atoms with Crippen LogP contribution < -0.4 is 0 Å². The van der Waals surface area contributed by atoms with Gasteiger partial charge in [0.1, 0.15) is 0 Å². The summed E-state index contributed by atoms with van der Waals surface area (Å²) < 4.78 is 63.7. The molecule has 3 aromatic heterocycles. The number of nitrogens with zero attached hydrogens (tertiary/aromatic N) is 5. The first-order valence-corrected chi connectivity index (χ1v) is 10.1. The lowest BCUT2D eigenvalue weighted by Gasteiger charge is -2.07. The summed E-state index contributed by atoms with van der Waals surface area (Å²) >= 11 is 0. The maximum absolute atomic E-state index is 13.0. The Hall–Kier alpha value is -3.34. The Kier molecular flexibility index (Phi) is 4.34. The summed E-state index contributed by atoms with van der Waals surface area (Å²) in [6.07, 6.45) is 1.03. The Labute approximate surface area is 162 Å². The van der Waals surface area contributed by atoms with Gasteiger partial charge in [-0.15, -0.1) is 0 Å². The minimum absolute atomic E-state index is 0.231. The van der Waals surface area contributed by atoms with E-state index in [0.29, 0.717) is 17.0 Å². The van der Waals surface area contributed by atoms with Gasteiger partial charge in [0.15, 0.2) is 0 Å². The van der Waals surface area contributed by atoms with Crippen LogP contribution in [0.1, 0.15) is 5.56 Å². The molecule has 0 aliphatic heterocycles. The molecular formula is C18H12F3N5O2S. The van der Waals surface area contributed by atoms with E-state index in [9.17, 15) is 21.6 Å². The summed E-state index contributed by atoms with van der Waals surface area (Å²) in [5, 5.41) is -0.329. The van der Waals surface area contributed by atoms with Crippen molar-refractivity contribution in [2.75, 3.05) is 6.26 Å². The van der Waals surface area contributed by atoms with Crippen molar-refractivity contribution in [3.63, 3.8) is 0 Å². The Morgan fingerprint density at radius 2 is 1.69 bits per heavy atom. The van der Waals surface area contributed by atoms with Gasteiger partial charge in [0, 0.05) is 30.4 Å². The molecule has 0 amide bonds. The second-order valence-corrected chi connectivity index (χ2v) is 8.13. The molecule has 148 valence electrons. The van der Waals surface area contributed by atoms with Gasteiger partial charge in [-0.05, 0) is 24.3 Å². The first kappa shape index (κ1) is 19.0. The quantitative estimate of drug-likeness (QED) is 0.474. The van der Waals surface area contributed by atoms with E-state index >= 15 is 0 Å². The Balaban J connectivity index is 1.76. The average molecular weight is 419 g/mol. The highest BCUT2D eigenvalue weighted by Crippen LogP contribution is 2.32. The predicted molar refractivity (Wildman–Crippen MR) is 97.6 cm³/mol. The van der Waals surface area contributed by atoms with Crippen LogP contribution in [0.2, 0.25) is 0 Å². The molecule has 0 aliphatic carbocycles. The van der Waals surface area contributed by atoms with Gasteiger partial charge in [-0.25, -0.2) is 28.4 Å². The molecule has 0 bridgehead atoms. The molecule has 11 heteroatoms. The standard InChI is InChI=1S/C18H12F3N5O2S/c1-29(27,28)17-22-7-5-13(25-17)14-6-8-26-10-15(24-16(26)23-14)11-3-2-4-12(9-11)18(19,20)21/h2-10H,1H3. The third-order valence-corrected chi connectivity index (χ3v) is 4.90. The number of benzene rings is 1. The Morgan fingerprint density at radius 3 is 2.41 bits per heavy atom. The molecule has 0 atom stereocenters. The highest BCUT2D eigenvalue weighted by atomic mass is 32.2. The van der Waals surface area contributed by atoms with E-state index in [-0.39, 0.29) is 16.6 Å². The van der Waals surface area contributed by atoms with Crippen molar-refractivity contribution >= 4 is 15.6 Å². The summed E-state index contributed by atoms with van der Waals surface area (Å²) in [6.45, 7) is 0. The van der Waals surface area contributed by atoms with Gasteiger partial charge < -0.3 is 0 Å². The largest absolute Gasteiger partial charge is 0.416 e. The molecular weight excluding hydrogens is 407 g/mol. The van der Waals surface area contributed by atoms with Crippen LogP contribution in [0.5, 0.6) is 0 Å². The molecule has 0 saturated carbocycles. The number of aromatic nitrogens is 5. The lowest BCUT2D eigenvalue weighted by Crippen LogP contribution is -2.04. The number of halogens is 3. The van der Waals surface area contributed by atoms with Crippen LogP contribution in [0.4, 0.5) is 13.2 Å². The normalized spacial score (nSPS) is 12.4. The minimum atomic E-state index is -4.45. The van der Waals surface area contributed by atoms with Crippen LogP contribution in [0.25, 0.3) is 28.4 Å². The molecule has 0 fully saturated rings. The van der Waals surface area contributed by atoms with Crippen molar-refractivity contribution in [1.29, 1.82) is 0 Å². The van der Waals surface area contributed by atoms with Gasteiger partial charge in [-0.2, -0.15) is 13.2 Å². The maximum atomic E-state index is 13.0. The summed E-state index contributed by atoms with van der Waals surface area (Å²) in [6, 6.07) is 7.95. The molecule has 7 nitrogen and oxygen atoms in total. The zero-order chi connectivity index (χ0) is 20.8. The van der Waals surface area contributed by atoms with Gasteiger partial charge in [-0.3, -0.25) is 4.40 Å². The van der Waals surface area contributed by atoms with E-state index in [0.717, 1.165) is 18.4 Å². The number of sulfone groups is 1. The van der Waals surface area contributed by atoms with E-state index in [2.05, 4.69) is 19.9 Å². The number of imidazole rings is 1.